The van der Waals surface area contributed by atoms with E-state index in [0.29, 0.717) is 11.3 Å². The van der Waals surface area contributed by atoms with Crippen LogP contribution in [0.3, 0.4) is 0 Å². The third-order valence-electron chi connectivity index (χ3n) is 4.72. The van der Waals surface area contributed by atoms with E-state index in [1.165, 1.54) is 13.3 Å². The highest BCUT2D eigenvalue weighted by molar-refractivity contribution is 6.00. The summed E-state index contributed by atoms with van der Waals surface area (Å²) in [6.07, 6.45) is 5.76. The van der Waals surface area contributed by atoms with Crippen molar-refractivity contribution < 1.29 is 23.9 Å². The minimum atomic E-state index is -1.09. The molecule has 1 aromatic carbocycles. The molecule has 7 nitrogen and oxygen atoms in total. The van der Waals surface area contributed by atoms with Gasteiger partial charge in [0.15, 0.2) is 6.10 Å². The van der Waals surface area contributed by atoms with Crippen LogP contribution in [0.15, 0.2) is 29.8 Å². The fourth-order valence-corrected chi connectivity index (χ4v) is 3.21. The van der Waals surface area contributed by atoms with Crippen molar-refractivity contribution in [3.8, 4) is 5.75 Å². The van der Waals surface area contributed by atoms with Crippen molar-refractivity contribution in [3.63, 3.8) is 0 Å². The molecule has 144 valence electrons. The number of ether oxygens (including phenoxy) is 2. The summed E-state index contributed by atoms with van der Waals surface area (Å²) >= 11 is 0. The Morgan fingerprint density at radius 1 is 1.15 bits per heavy atom. The Bertz CT molecular complexity index is 752. The van der Waals surface area contributed by atoms with Gasteiger partial charge in [-0.1, -0.05) is 37.5 Å². The number of nitrogens with one attached hydrogen (secondary N) is 2. The van der Waals surface area contributed by atoms with E-state index in [9.17, 15) is 14.4 Å². The topological polar surface area (TPSA) is 93.7 Å². The van der Waals surface area contributed by atoms with Crippen molar-refractivity contribution in [1.82, 2.24) is 10.6 Å². The predicted molar refractivity (Wildman–Crippen MR) is 99.0 cm³/mol. The van der Waals surface area contributed by atoms with Gasteiger partial charge in [0.2, 0.25) is 0 Å². The summed E-state index contributed by atoms with van der Waals surface area (Å²) in [5.74, 6) is -0.603. The first kappa shape index (κ1) is 18.9. The van der Waals surface area contributed by atoms with Crippen LogP contribution in [0.1, 0.15) is 44.6 Å². The van der Waals surface area contributed by atoms with Crippen molar-refractivity contribution in [2.75, 3.05) is 6.61 Å². The van der Waals surface area contributed by atoms with E-state index < -0.39 is 24.0 Å². The number of fused-ring (bicyclic) bond motifs is 1. The number of carbonyl (C=O) groups is 3. The number of amides is 3. The Hall–Kier alpha value is -2.83. The average Bonchev–Trinajstić information content (AvgIpc) is 2.68. The van der Waals surface area contributed by atoms with Gasteiger partial charge in [0, 0.05) is 11.6 Å². The molecule has 1 heterocycles. The summed E-state index contributed by atoms with van der Waals surface area (Å²) in [5, 5.41) is 5.02. The van der Waals surface area contributed by atoms with Crippen molar-refractivity contribution in [1.29, 1.82) is 0 Å². The third-order valence-corrected chi connectivity index (χ3v) is 4.72. The van der Waals surface area contributed by atoms with Gasteiger partial charge in [-0.2, -0.15) is 0 Å². The first-order chi connectivity index (χ1) is 13.0. The molecule has 1 fully saturated rings. The molecule has 1 aromatic rings. The standard InChI is InChI=1S/C20H24N2O5/c1-13(18(23)22-20(25)21-16-8-3-2-4-9-16)27-19(24)15-11-14-7-5-6-10-17(14)26-12-15/h5-7,10-11,13,16H,2-4,8-9,12H2,1H3,(H2,21,22,23,25)/t13-/m1/s1. The van der Waals surface area contributed by atoms with Gasteiger partial charge < -0.3 is 14.8 Å². The smallest absolute Gasteiger partial charge is 0.338 e. The average molecular weight is 372 g/mol. The summed E-state index contributed by atoms with van der Waals surface area (Å²) in [6.45, 7) is 1.51. The molecule has 2 aliphatic rings. The van der Waals surface area contributed by atoms with Crippen molar-refractivity contribution >= 4 is 24.0 Å². The van der Waals surface area contributed by atoms with Crippen LogP contribution in [0.25, 0.3) is 6.08 Å². The molecule has 0 saturated heterocycles. The fourth-order valence-electron chi connectivity index (χ4n) is 3.21. The van der Waals surface area contributed by atoms with Crippen molar-refractivity contribution in [2.24, 2.45) is 0 Å². The fraction of sp³-hybridized carbons (Fsp3) is 0.450. The lowest BCUT2D eigenvalue weighted by Crippen LogP contribution is -2.48. The summed E-state index contributed by atoms with van der Waals surface area (Å²) < 4.78 is 10.7. The van der Waals surface area contributed by atoms with Crippen LogP contribution >= 0.6 is 0 Å². The van der Waals surface area contributed by atoms with Gasteiger partial charge in [0.05, 0.1) is 5.57 Å². The molecule has 1 atom stereocenters. The second kappa shape index (κ2) is 8.70. The Labute approximate surface area is 158 Å². The highest BCUT2D eigenvalue weighted by Crippen LogP contribution is 2.26. The van der Waals surface area contributed by atoms with E-state index in [1.54, 1.807) is 6.08 Å². The molecule has 0 unspecified atom stereocenters. The molecule has 1 saturated carbocycles. The van der Waals surface area contributed by atoms with E-state index in [1.807, 2.05) is 24.3 Å². The monoisotopic (exact) mass is 372 g/mol. The SMILES string of the molecule is C[C@@H](OC(=O)C1=Cc2ccccc2OC1)C(=O)NC(=O)NC1CCCCC1. The van der Waals surface area contributed by atoms with Gasteiger partial charge in [0.1, 0.15) is 12.4 Å². The zero-order chi connectivity index (χ0) is 19.2. The summed E-state index contributed by atoms with van der Waals surface area (Å²) in [6, 6.07) is 6.87. The molecule has 0 spiro atoms. The third kappa shape index (κ3) is 5.09. The van der Waals surface area contributed by atoms with Crippen molar-refractivity contribution in [3.05, 3.63) is 35.4 Å². The first-order valence-corrected chi connectivity index (χ1v) is 9.27. The molecule has 3 amide bonds. The largest absolute Gasteiger partial charge is 0.488 e. The lowest BCUT2D eigenvalue weighted by molar-refractivity contribution is -0.151. The minimum Gasteiger partial charge on any atom is -0.488 e. The van der Waals surface area contributed by atoms with Crippen molar-refractivity contribution in [2.45, 2.75) is 51.2 Å². The van der Waals surface area contributed by atoms with Gasteiger partial charge in [-0.3, -0.25) is 10.1 Å². The molecule has 7 heteroatoms. The molecule has 3 rings (SSSR count). The Kier molecular flexibility index (Phi) is 6.11. The van der Waals surface area contributed by atoms with Crippen LogP contribution in [-0.2, 0) is 14.3 Å². The molecule has 0 aromatic heterocycles. The summed E-state index contributed by atoms with van der Waals surface area (Å²) in [4.78, 5) is 36.3. The second-order valence-corrected chi connectivity index (χ2v) is 6.84. The number of benzene rings is 1. The van der Waals surface area contributed by atoms with E-state index >= 15 is 0 Å². The molecule has 27 heavy (non-hydrogen) atoms. The maximum Gasteiger partial charge on any atom is 0.338 e. The number of carbonyl (C=O) groups excluding carboxylic acids is 3. The number of hydrogen-bond donors (Lipinski definition) is 2. The van der Waals surface area contributed by atoms with Crippen LogP contribution in [-0.4, -0.2) is 36.7 Å². The molecule has 2 N–H and O–H groups in total. The number of imide groups is 1. The van der Waals surface area contributed by atoms with Gasteiger partial charge in [0.25, 0.3) is 5.91 Å². The molecule has 1 aliphatic carbocycles. The predicted octanol–water partition coefficient (Wildman–Crippen LogP) is 2.55. The van der Waals surface area contributed by atoms with E-state index in [4.69, 9.17) is 9.47 Å². The van der Waals surface area contributed by atoms with Gasteiger partial charge in [-0.15, -0.1) is 0 Å². The second-order valence-electron chi connectivity index (χ2n) is 6.84. The molecular formula is C20H24N2O5. The maximum absolute atomic E-state index is 12.3. The zero-order valence-corrected chi connectivity index (χ0v) is 15.3. The summed E-state index contributed by atoms with van der Waals surface area (Å²) in [7, 11) is 0. The lowest BCUT2D eigenvalue weighted by Gasteiger charge is -2.23. The normalized spacial score (nSPS) is 17.6. The zero-order valence-electron chi connectivity index (χ0n) is 15.3. The molecule has 0 bridgehead atoms. The van der Waals surface area contributed by atoms with Crippen LogP contribution in [0.2, 0.25) is 0 Å². The number of para-hydroxylation sites is 1. The maximum atomic E-state index is 12.3. The van der Waals surface area contributed by atoms with Crippen LogP contribution in [0, 0.1) is 0 Å². The Balaban J connectivity index is 1.50. The van der Waals surface area contributed by atoms with Crippen LogP contribution in [0.4, 0.5) is 4.79 Å². The number of urea groups is 1. The molecule has 0 radical (unpaired) electrons. The number of hydrogen-bond acceptors (Lipinski definition) is 5. The first-order valence-electron chi connectivity index (χ1n) is 9.27. The molecule has 1 aliphatic heterocycles. The lowest BCUT2D eigenvalue weighted by atomic mass is 9.96. The highest BCUT2D eigenvalue weighted by atomic mass is 16.6. The van der Waals surface area contributed by atoms with E-state index in [0.717, 1.165) is 31.2 Å². The number of rotatable bonds is 4. The highest BCUT2D eigenvalue weighted by Gasteiger charge is 2.25. The summed E-state index contributed by atoms with van der Waals surface area (Å²) in [5.41, 5.74) is 1.10. The van der Waals surface area contributed by atoms with Gasteiger partial charge in [-0.05, 0) is 31.9 Å². The Morgan fingerprint density at radius 2 is 1.89 bits per heavy atom. The molecular weight excluding hydrogens is 348 g/mol. The van der Waals surface area contributed by atoms with E-state index in [-0.39, 0.29) is 12.6 Å². The van der Waals surface area contributed by atoms with Gasteiger partial charge >= 0.3 is 12.0 Å². The van der Waals surface area contributed by atoms with E-state index in [2.05, 4.69) is 10.6 Å². The Morgan fingerprint density at radius 3 is 2.67 bits per heavy atom. The minimum absolute atomic E-state index is 0.0757. The number of esters is 1. The van der Waals surface area contributed by atoms with Crippen LogP contribution < -0.4 is 15.4 Å². The quantitative estimate of drug-likeness (QED) is 0.792. The van der Waals surface area contributed by atoms with Gasteiger partial charge in [-0.25, -0.2) is 9.59 Å². The van der Waals surface area contributed by atoms with Crippen LogP contribution in [0.5, 0.6) is 5.75 Å².